The van der Waals surface area contributed by atoms with Crippen molar-refractivity contribution < 1.29 is 22.8 Å². The number of piperidine rings is 1. The highest BCUT2D eigenvalue weighted by molar-refractivity contribution is 6.06. The zero-order valence-electron chi connectivity index (χ0n) is 16.4. The Bertz CT molecular complexity index is 976. The highest BCUT2D eigenvalue weighted by Crippen LogP contribution is 2.35. The van der Waals surface area contributed by atoms with Crippen LogP contribution in [0.25, 0.3) is 5.52 Å². The third-order valence-electron chi connectivity index (χ3n) is 6.06. The van der Waals surface area contributed by atoms with E-state index in [2.05, 4.69) is 4.98 Å². The Hall–Kier alpha value is -2.78. The summed E-state index contributed by atoms with van der Waals surface area (Å²) in [6.07, 6.45) is -0.585. The number of urea groups is 1. The van der Waals surface area contributed by atoms with Crippen LogP contribution in [0.2, 0.25) is 0 Å². The molecule has 0 spiro atoms. The number of rotatable bonds is 2. The highest BCUT2D eigenvalue weighted by Gasteiger charge is 2.51. The maximum Gasteiger partial charge on any atom is 0.416 e. The van der Waals surface area contributed by atoms with E-state index in [4.69, 9.17) is 0 Å². The normalized spacial score (nSPS) is 21.0. The molecule has 156 valence electrons. The fraction of sp³-hybridized carbons (Fsp3) is 0.526. The number of carbonyl (C=O) groups excluding carboxylic acids is 2. The molecule has 0 bridgehead atoms. The molecule has 0 N–H and O–H groups in total. The average Bonchev–Trinajstić information content (AvgIpc) is 3.19. The molecule has 0 atom stereocenters. The van der Waals surface area contributed by atoms with E-state index in [1.807, 2.05) is 4.90 Å². The number of carbonyl (C=O) groups is 2. The third-order valence-corrected chi connectivity index (χ3v) is 6.06. The molecule has 0 aromatic carbocycles. The number of alkyl halides is 3. The standard InChI is InChI=1S/C19H22F3N5O2/c1-18(2)16(28)27(17(29)24(18)3)13-4-6-25(7-5-13)15-9-12(19(20,21)22)8-14-10-23-11-26(14)15/h8-11,13H,4-7H2,1-3H3. The number of hydrogen-bond donors (Lipinski definition) is 0. The lowest BCUT2D eigenvalue weighted by atomic mass is 10.0. The molecular formula is C19H22F3N5O2. The van der Waals surface area contributed by atoms with E-state index in [0.717, 1.165) is 12.1 Å². The zero-order chi connectivity index (χ0) is 21.1. The van der Waals surface area contributed by atoms with Gasteiger partial charge >= 0.3 is 12.2 Å². The first-order valence-electron chi connectivity index (χ1n) is 9.41. The highest BCUT2D eigenvalue weighted by atomic mass is 19.4. The molecule has 0 saturated carbocycles. The lowest BCUT2D eigenvalue weighted by molar-refractivity contribution is -0.137. The monoisotopic (exact) mass is 409 g/mol. The zero-order valence-corrected chi connectivity index (χ0v) is 16.4. The smallest absolute Gasteiger partial charge is 0.358 e. The van der Waals surface area contributed by atoms with Gasteiger partial charge in [-0.25, -0.2) is 9.78 Å². The fourth-order valence-corrected chi connectivity index (χ4v) is 4.02. The van der Waals surface area contributed by atoms with Crippen molar-refractivity contribution >= 4 is 23.3 Å². The number of hydrogen-bond acceptors (Lipinski definition) is 4. The van der Waals surface area contributed by atoms with Gasteiger partial charge in [-0.2, -0.15) is 13.2 Å². The van der Waals surface area contributed by atoms with E-state index in [0.29, 0.717) is 37.3 Å². The molecule has 29 heavy (non-hydrogen) atoms. The molecule has 0 radical (unpaired) electrons. The summed E-state index contributed by atoms with van der Waals surface area (Å²) in [6.45, 7) is 4.28. The quantitative estimate of drug-likeness (QED) is 0.716. The minimum atomic E-state index is -4.45. The largest absolute Gasteiger partial charge is 0.416 e. The predicted octanol–water partition coefficient (Wildman–Crippen LogP) is 2.99. The van der Waals surface area contributed by atoms with Gasteiger partial charge in [0.25, 0.3) is 5.91 Å². The van der Waals surface area contributed by atoms with Gasteiger partial charge in [0.2, 0.25) is 0 Å². The number of halogens is 3. The number of imidazole rings is 1. The number of amides is 3. The van der Waals surface area contributed by atoms with Crippen molar-refractivity contribution in [3.05, 3.63) is 30.2 Å². The predicted molar refractivity (Wildman–Crippen MR) is 99.5 cm³/mol. The van der Waals surface area contributed by atoms with Crippen LogP contribution in [0.4, 0.5) is 23.8 Å². The van der Waals surface area contributed by atoms with Crippen molar-refractivity contribution in [3.63, 3.8) is 0 Å². The van der Waals surface area contributed by atoms with Crippen LogP contribution in [0, 0.1) is 0 Å². The molecule has 7 nitrogen and oxygen atoms in total. The number of likely N-dealkylation sites (N-methyl/N-ethyl adjacent to an activating group) is 1. The van der Waals surface area contributed by atoms with Crippen LogP contribution in [0.1, 0.15) is 32.3 Å². The van der Waals surface area contributed by atoms with E-state index >= 15 is 0 Å². The number of nitrogens with zero attached hydrogens (tertiary/aromatic N) is 5. The van der Waals surface area contributed by atoms with Crippen molar-refractivity contribution in [2.24, 2.45) is 0 Å². The summed E-state index contributed by atoms with van der Waals surface area (Å²) >= 11 is 0. The Morgan fingerprint density at radius 2 is 1.79 bits per heavy atom. The first-order valence-corrected chi connectivity index (χ1v) is 9.41. The van der Waals surface area contributed by atoms with Crippen LogP contribution in [0.15, 0.2) is 24.7 Å². The molecule has 2 saturated heterocycles. The van der Waals surface area contributed by atoms with Gasteiger partial charge < -0.3 is 9.80 Å². The summed E-state index contributed by atoms with van der Waals surface area (Å²) in [5.74, 6) is 0.168. The van der Waals surface area contributed by atoms with Crippen molar-refractivity contribution in [1.29, 1.82) is 0 Å². The fourth-order valence-electron chi connectivity index (χ4n) is 4.02. The molecule has 4 heterocycles. The van der Waals surface area contributed by atoms with Gasteiger partial charge in [-0.05, 0) is 38.8 Å². The van der Waals surface area contributed by atoms with Crippen molar-refractivity contribution in [1.82, 2.24) is 19.2 Å². The van der Waals surface area contributed by atoms with E-state index in [1.165, 1.54) is 22.3 Å². The van der Waals surface area contributed by atoms with Crippen LogP contribution >= 0.6 is 0 Å². The summed E-state index contributed by atoms with van der Waals surface area (Å²) < 4.78 is 41.5. The molecule has 0 aliphatic carbocycles. The van der Waals surface area contributed by atoms with Crippen LogP contribution in [-0.4, -0.2) is 62.8 Å². The Balaban J connectivity index is 1.57. The molecule has 2 aliphatic rings. The number of fused-ring (bicyclic) bond motifs is 1. The molecule has 10 heteroatoms. The van der Waals surface area contributed by atoms with E-state index in [-0.39, 0.29) is 18.0 Å². The number of aromatic nitrogens is 2. The van der Waals surface area contributed by atoms with Crippen molar-refractivity contribution in [3.8, 4) is 0 Å². The molecule has 2 aromatic heterocycles. The number of pyridine rings is 1. The molecule has 2 aliphatic heterocycles. The SMILES string of the molecule is CN1C(=O)N(C2CCN(c3cc(C(F)(F)F)cc4cncn34)CC2)C(=O)C1(C)C. The summed E-state index contributed by atoms with van der Waals surface area (Å²) in [5, 5.41) is 0. The minimum absolute atomic E-state index is 0.237. The van der Waals surface area contributed by atoms with E-state index < -0.39 is 17.3 Å². The van der Waals surface area contributed by atoms with Crippen LogP contribution in [0.3, 0.4) is 0 Å². The van der Waals surface area contributed by atoms with Crippen LogP contribution < -0.4 is 4.90 Å². The van der Waals surface area contributed by atoms with Gasteiger partial charge in [0.1, 0.15) is 17.7 Å². The summed E-state index contributed by atoms with van der Waals surface area (Å²) in [6, 6.07) is 1.61. The molecular weight excluding hydrogens is 387 g/mol. The molecule has 2 aromatic rings. The second-order valence-electron chi connectivity index (χ2n) is 8.08. The summed E-state index contributed by atoms with van der Waals surface area (Å²) in [7, 11) is 1.60. The Kier molecular flexibility index (Phi) is 4.29. The van der Waals surface area contributed by atoms with Gasteiger partial charge in [-0.15, -0.1) is 0 Å². The minimum Gasteiger partial charge on any atom is -0.358 e. The number of anilines is 1. The second-order valence-corrected chi connectivity index (χ2v) is 8.08. The molecule has 2 fully saturated rings. The summed E-state index contributed by atoms with van der Waals surface area (Å²) in [5.41, 5.74) is -1.25. The first kappa shape index (κ1) is 19.5. The van der Waals surface area contributed by atoms with Crippen molar-refractivity contribution in [2.45, 2.75) is 44.4 Å². The maximum absolute atomic E-state index is 13.3. The lowest BCUT2D eigenvalue weighted by Gasteiger charge is -2.37. The van der Waals surface area contributed by atoms with Crippen molar-refractivity contribution in [2.75, 3.05) is 25.0 Å². The van der Waals surface area contributed by atoms with Gasteiger partial charge in [-0.3, -0.25) is 14.1 Å². The third kappa shape index (κ3) is 3.01. The second kappa shape index (κ2) is 6.36. The van der Waals surface area contributed by atoms with Gasteiger partial charge in [-0.1, -0.05) is 0 Å². The lowest BCUT2D eigenvalue weighted by Crippen LogP contribution is -2.49. The molecule has 3 amide bonds. The Labute approximate surface area is 165 Å². The molecule has 4 rings (SSSR count). The van der Waals surface area contributed by atoms with Crippen LogP contribution in [0.5, 0.6) is 0 Å². The van der Waals surface area contributed by atoms with Gasteiger partial charge in [0.05, 0.1) is 17.3 Å². The van der Waals surface area contributed by atoms with Crippen LogP contribution in [-0.2, 0) is 11.0 Å². The van der Waals surface area contributed by atoms with Gasteiger partial charge in [0, 0.05) is 26.2 Å². The summed E-state index contributed by atoms with van der Waals surface area (Å²) in [4.78, 5) is 33.8. The van der Waals surface area contributed by atoms with E-state index in [9.17, 15) is 22.8 Å². The Morgan fingerprint density at radius 3 is 2.34 bits per heavy atom. The number of imide groups is 1. The first-order chi connectivity index (χ1) is 13.5. The maximum atomic E-state index is 13.3. The topological polar surface area (TPSA) is 61.2 Å². The molecule has 0 unspecified atom stereocenters. The van der Waals surface area contributed by atoms with Gasteiger partial charge in [0.15, 0.2) is 0 Å². The Morgan fingerprint density at radius 1 is 1.14 bits per heavy atom. The van der Waals surface area contributed by atoms with E-state index in [1.54, 1.807) is 25.3 Å². The average molecular weight is 409 g/mol.